The monoisotopic (exact) mass is 219 g/mol. The van der Waals surface area contributed by atoms with E-state index in [9.17, 15) is 4.79 Å². The molecule has 0 saturated carbocycles. The first-order valence-corrected chi connectivity index (χ1v) is 5.44. The van der Waals surface area contributed by atoms with Crippen molar-refractivity contribution in [3.8, 4) is 5.75 Å². The molecular weight excluding hydrogens is 202 g/mol. The fourth-order valence-electron chi connectivity index (χ4n) is 1.90. The second-order valence-corrected chi connectivity index (χ2v) is 4.91. The highest BCUT2D eigenvalue weighted by molar-refractivity contribution is 6.01. The van der Waals surface area contributed by atoms with Crippen LogP contribution in [0.1, 0.15) is 30.5 Å². The predicted molar refractivity (Wildman–Crippen MR) is 64.0 cm³/mol. The number of ether oxygens (including phenoxy) is 1. The maximum atomic E-state index is 11.8. The molecule has 1 heterocycles. The van der Waals surface area contributed by atoms with Gasteiger partial charge in [0, 0.05) is 0 Å². The smallest absolute Gasteiger partial charge is 0.268 e. The average Bonchev–Trinajstić information content (AvgIpc) is 2.18. The summed E-state index contributed by atoms with van der Waals surface area (Å²) in [6, 6.07) is 2.07. The highest BCUT2D eigenvalue weighted by Crippen LogP contribution is 2.40. The first-order chi connectivity index (χ1) is 7.33. The SMILES string of the molecule is Cc1cc(C)c2c(c1C)OC(C)(C)C(=O)N2. The van der Waals surface area contributed by atoms with E-state index in [1.807, 2.05) is 13.8 Å². The molecule has 2 rings (SSSR count). The van der Waals surface area contributed by atoms with E-state index >= 15 is 0 Å². The van der Waals surface area contributed by atoms with Crippen LogP contribution in [0.4, 0.5) is 5.69 Å². The van der Waals surface area contributed by atoms with Crippen LogP contribution in [-0.2, 0) is 4.79 Å². The van der Waals surface area contributed by atoms with Crippen LogP contribution in [0.5, 0.6) is 5.75 Å². The van der Waals surface area contributed by atoms with E-state index in [2.05, 4.69) is 18.3 Å². The van der Waals surface area contributed by atoms with Crippen LogP contribution >= 0.6 is 0 Å². The Hall–Kier alpha value is -1.51. The van der Waals surface area contributed by atoms with E-state index in [0.717, 1.165) is 22.6 Å². The average molecular weight is 219 g/mol. The molecular formula is C13H17NO2. The van der Waals surface area contributed by atoms with E-state index in [1.54, 1.807) is 13.8 Å². The molecule has 1 aromatic rings. The minimum Gasteiger partial charge on any atom is -0.476 e. The van der Waals surface area contributed by atoms with Crippen LogP contribution in [0, 0.1) is 20.8 Å². The van der Waals surface area contributed by atoms with Gasteiger partial charge in [0.05, 0.1) is 5.69 Å². The van der Waals surface area contributed by atoms with Gasteiger partial charge in [0.2, 0.25) is 0 Å². The van der Waals surface area contributed by atoms with E-state index in [-0.39, 0.29) is 5.91 Å². The molecule has 1 aliphatic rings. The van der Waals surface area contributed by atoms with Gasteiger partial charge in [-0.15, -0.1) is 0 Å². The summed E-state index contributed by atoms with van der Waals surface area (Å²) < 4.78 is 5.81. The van der Waals surface area contributed by atoms with Crippen LogP contribution in [0.15, 0.2) is 6.07 Å². The third kappa shape index (κ3) is 1.47. The van der Waals surface area contributed by atoms with E-state index in [4.69, 9.17) is 4.74 Å². The lowest BCUT2D eigenvalue weighted by atomic mass is 9.99. The van der Waals surface area contributed by atoms with Gasteiger partial charge in [-0.3, -0.25) is 4.79 Å². The van der Waals surface area contributed by atoms with Crippen molar-refractivity contribution in [2.45, 2.75) is 40.2 Å². The minimum atomic E-state index is -0.794. The zero-order chi connectivity index (χ0) is 12.1. The number of fused-ring (bicyclic) bond motifs is 1. The number of carbonyl (C=O) groups is 1. The Balaban J connectivity index is 2.64. The summed E-state index contributed by atoms with van der Waals surface area (Å²) in [6.45, 7) is 9.61. The van der Waals surface area contributed by atoms with Gasteiger partial charge in [0.15, 0.2) is 5.60 Å². The number of anilines is 1. The highest BCUT2D eigenvalue weighted by Gasteiger charge is 2.36. The van der Waals surface area contributed by atoms with Gasteiger partial charge in [0.1, 0.15) is 5.75 Å². The number of rotatable bonds is 0. The van der Waals surface area contributed by atoms with Gasteiger partial charge in [-0.1, -0.05) is 6.07 Å². The topological polar surface area (TPSA) is 38.3 Å². The Morgan fingerprint density at radius 3 is 2.44 bits per heavy atom. The number of benzene rings is 1. The Bertz CT molecular complexity index is 475. The van der Waals surface area contributed by atoms with Crippen molar-refractivity contribution in [2.24, 2.45) is 0 Å². The van der Waals surface area contributed by atoms with Gasteiger partial charge < -0.3 is 10.1 Å². The predicted octanol–water partition coefficient (Wildman–Crippen LogP) is 2.72. The van der Waals surface area contributed by atoms with Crippen molar-refractivity contribution in [3.63, 3.8) is 0 Å². The summed E-state index contributed by atoms with van der Waals surface area (Å²) in [5.41, 5.74) is 3.34. The Labute approximate surface area is 95.8 Å². The fraction of sp³-hybridized carbons (Fsp3) is 0.462. The molecule has 3 heteroatoms. The van der Waals surface area contributed by atoms with Crippen LogP contribution in [0.2, 0.25) is 0 Å². The molecule has 1 aliphatic heterocycles. The molecule has 16 heavy (non-hydrogen) atoms. The molecule has 0 fully saturated rings. The Kier molecular flexibility index (Phi) is 2.22. The normalized spacial score (nSPS) is 17.4. The first kappa shape index (κ1) is 11.0. The summed E-state index contributed by atoms with van der Waals surface area (Å²) in [6.07, 6.45) is 0. The number of nitrogens with one attached hydrogen (secondary N) is 1. The largest absolute Gasteiger partial charge is 0.476 e. The summed E-state index contributed by atoms with van der Waals surface area (Å²) in [4.78, 5) is 11.8. The number of hydrogen-bond acceptors (Lipinski definition) is 2. The van der Waals surface area contributed by atoms with Crippen molar-refractivity contribution < 1.29 is 9.53 Å². The number of amides is 1. The zero-order valence-electron chi connectivity index (χ0n) is 10.4. The quantitative estimate of drug-likeness (QED) is 0.728. The lowest BCUT2D eigenvalue weighted by molar-refractivity contribution is -0.129. The molecule has 0 spiro atoms. The van der Waals surface area contributed by atoms with Crippen molar-refractivity contribution in [2.75, 3.05) is 5.32 Å². The highest BCUT2D eigenvalue weighted by atomic mass is 16.5. The lowest BCUT2D eigenvalue weighted by Crippen LogP contribution is -2.46. The maximum absolute atomic E-state index is 11.8. The molecule has 3 nitrogen and oxygen atoms in total. The number of aryl methyl sites for hydroxylation is 2. The van der Waals surface area contributed by atoms with E-state index < -0.39 is 5.60 Å². The van der Waals surface area contributed by atoms with Gasteiger partial charge >= 0.3 is 0 Å². The standard InChI is InChI=1S/C13H17NO2/c1-7-6-8(2)10-11(9(7)3)16-13(4,5)12(15)14-10/h6H,1-5H3,(H,14,15). The Morgan fingerprint density at radius 2 is 1.81 bits per heavy atom. The fourth-order valence-corrected chi connectivity index (χ4v) is 1.90. The summed E-state index contributed by atoms with van der Waals surface area (Å²) in [5.74, 6) is 0.716. The van der Waals surface area contributed by atoms with Gasteiger partial charge in [-0.05, 0) is 51.3 Å². The molecule has 0 radical (unpaired) electrons. The van der Waals surface area contributed by atoms with Gasteiger partial charge in [-0.25, -0.2) is 0 Å². The Morgan fingerprint density at radius 1 is 1.19 bits per heavy atom. The molecule has 0 aromatic heterocycles. The molecule has 0 aliphatic carbocycles. The molecule has 0 bridgehead atoms. The first-order valence-electron chi connectivity index (χ1n) is 5.44. The van der Waals surface area contributed by atoms with Crippen LogP contribution in [0.3, 0.4) is 0 Å². The van der Waals surface area contributed by atoms with Crippen molar-refractivity contribution in [1.82, 2.24) is 0 Å². The van der Waals surface area contributed by atoms with Crippen molar-refractivity contribution in [3.05, 3.63) is 22.8 Å². The molecule has 0 saturated heterocycles. The van der Waals surface area contributed by atoms with Crippen LogP contribution < -0.4 is 10.1 Å². The number of hydrogen-bond donors (Lipinski definition) is 1. The van der Waals surface area contributed by atoms with E-state index in [0.29, 0.717) is 0 Å². The summed E-state index contributed by atoms with van der Waals surface area (Å²) in [7, 11) is 0. The van der Waals surface area contributed by atoms with Crippen LogP contribution in [0.25, 0.3) is 0 Å². The third-order valence-electron chi connectivity index (χ3n) is 3.13. The molecule has 0 unspecified atom stereocenters. The van der Waals surface area contributed by atoms with Crippen molar-refractivity contribution >= 4 is 11.6 Å². The van der Waals surface area contributed by atoms with Crippen molar-refractivity contribution in [1.29, 1.82) is 0 Å². The summed E-state index contributed by atoms with van der Waals surface area (Å²) >= 11 is 0. The second kappa shape index (κ2) is 3.24. The maximum Gasteiger partial charge on any atom is 0.268 e. The van der Waals surface area contributed by atoms with Crippen LogP contribution in [-0.4, -0.2) is 11.5 Å². The molecule has 0 atom stereocenters. The second-order valence-electron chi connectivity index (χ2n) is 4.91. The molecule has 86 valence electrons. The zero-order valence-corrected chi connectivity index (χ0v) is 10.4. The molecule has 1 N–H and O–H groups in total. The van der Waals surface area contributed by atoms with Gasteiger partial charge in [-0.2, -0.15) is 0 Å². The van der Waals surface area contributed by atoms with Gasteiger partial charge in [0.25, 0.3) is 5.91 Å². The summed E-state index contributed by atoms with van der Waals surface area (Å²) in [5, 5.41) is 2.92. The minimum absolute atomic E-state index is 0.0913. The molecule has 1 amide bonds. The third-order valence-corrected chi connectivity index (χ3v) is 3.13. The lowest BCUT2D eigenvalue weighted by Gasteiger charge is -2.33. The molecule has 1 aromatic carbocycles. The van der Waals surface area contributed by atoms with E-state index in [1.165, 1.54) is 5.56 Å². The number of carbonyl (C=O) groups excluding carboxylic acids is 1.